The van der Waals surface area contributed by atoms with Crippen LogP contribution in [-0.2, 0) is 9.59 Å². The van der Waals surface area contributed by atoms with Crippen LogP contribution in [0.4, 0.5) is 24.7 Å². The number of benzene rings is 1. The van der Waals surface area contributed by atoms with Gasteiger partial charge in [-0.1, -0.05) is 23.9 Å². The molecule has 1 unspecified atom stereocenters. The zero-order valence-electron chi connectivity index (χ0n) is 17.8. The number of pyridine rings is 1. The third-order valence-corrected chi connectivity index (χ3v) is 6.72. The summed E-state index contributed by atoms with van der Waals surface area (Å²) in [7, 11) is 0. The molecule has 0 saturated heterocycles. The summed E-state index contributed by atoms with van der Waals surface area (Å²) in [5.41, 5.74) is 2.85. The van der Waals surface area contributed by atoms with E-state index in [0.29, 0.717) is 17.0 Å². The number of aliphatic imine (C=N–C) groups is 1. The van der Waals surface area contributed by atoms with E-state index in [1.165, 1.54) is 0 Å². The number of nitrogens with zero attached hydrogens (tertiary/aromatic N) is 2. The third-order valence-electron chi connectivity index (χ3n) is 5.61. The van der Waals surface area contributed by atoms with Gasteiger partial charge in [-0.25, -0.2) is 4.98 Å². The summed E-state index contributed by atoms with van der Waals surface area (Å²) >= 11 is 1.03. The number of fused-ring (bicyclic) bond motifs is 1. The highest BCUT2D eigenvalue weighted by molar-refractivity contribution is 8.16. The zero-order chi connectivity index (χ0) is 23.9. The van der Waals surface area contributed by atoms with Crippen molar-refractivity contribution in [2.75, 3.05) is 16.4 Å². The molecule has 176 valence electrons. The summed E-state index contributed by atoms with van der Waals surface area (Å²) in [5.74, 6) is 0.0980. The lowest BCUT2D eigenvalue weighted by Gasteiger charge is -2.08. The molecule has 0 radical (unpaired) electrons. The van der Waals surface area contributed by atoms with Crippen LogP contribution < -0.4 is 10.6 Å². The number of amides is 2. The van der Waals surface area contributed by atoms with Gasteiger partial charge < -0.3 is 15.6 Å². The molecule has 1 aliphatic heterocycles. The van der Waals surface area contributed by atoms with Gasteiger partial charge >= 0.3 is 6.18 Å². The number of H-pyrrole nitrogens is 1. The number of thioether (sulfide) groups is 1. The molecule has 7 nitrogen and oxygen atoms in total. The fraction of sp³-hybridized carbons (Fsp3) is 0.304. The van der Waals surface area contributed by atoms with E-state index in [9.17, 15) is 22.8 Å². The van der Waals surface area contributed by atoms with Gasteiger partial charge in [0.25, 0.3) is 5.91 Å². The summed E-state index contributed by atoms with van der Waals surface area (Å²) in [6.45, 7) is 0. The average molecular weight is 488 g/mol. The zero-order valence-corrected chi connectivity index (χ0v) is 18.6. The van der Waals surface area contributed by atoms with E-state index < -0.39 is 24.5 Å². The number of hydrogen-bond acceptors (Lipinski definition) is 5. The van der Waals surface area contributed by atoms with E-state index in [0.717, 1.165) is 41.1 Å². The van der Waals surface area contributed by atoms with Gasteiger partial charge in [-0.3, -0.25) is 14.6 Å². The Morgan fingerprint density at radius 3 is 2.76 bits per heavy atom. The van der Waals surface area contributed by atoms with Gasteiger partial charge in [0.2, 0.25) is 5.91 Å². The van der Waals surface area contributed by atoms with Gasteiger partial charge in [0.05, 0.1) is 23.7 Å². The molecule has 34 heavy (non-hydrogen) atoms. The van der Waals surface area contributed by atoms with Crippen LogP contribution in [0, 0.1) is 5.92 Å². The molecule has 0 spiro atoms. The molecular weight excluding hydrogens is 467 g/mol. The Hall–Kier alpha value is -3.34. The molecule has 2 aromatic heterocycles. The number of aromatic nitrogens is 2. The lowest BCUT2D eigenvalue weighted by atomic mass is 10.1. The van der Waals surface area contributed by atoms with Crippen LogP contribution in [0.2, 0.25) is 0 Å². The smallest absolute Gasteiger partial charge is 0.359 e. The first-order valence-corrected chi connectivity index (χ1v) is 11.7. The van der Waals surface area contributed by atoms with Crippen molar-refractivity contribution < 1.29 is 22.8 Å². The number of alkyl halides is 3. The fourth-order valence-corrected chi connectivity index (χ4v) is 4.77. The van der Waals surface area contributed by atoms with Crippen molar-refractivity contribution in [1.29, 1.82) is 0 Å². The number of halogens is 3. The van der Waals surface area contributed by atoms with Gasteiger partial charge in [-0.05, 0) is 36.6 Å². The standard InChI is InChI=1S/C23H20F3N5O2S/c24-23(25,26)9-14-11-34-22(29-14)21(33)30-17-3-1-2-15-16(10-28-19(15)17)13-6-7-27-18(8-13)31-20(32)12-4-5-12/h1-3,6-8,10,12,14,28H,4-5,9,11H2,(H,30,33)(H,27,31,32). The fourth-order valence-electron chi connectivity index (χ4n) is 3.82. The lowest BCUT2D eigenvalue weighted by Crippen LogP contribution is -2.20. The minimum atomic E-state index is -4.32. The monoisotopic (exact) mass is 487 g/mol. The summed E-state index contributed by atoms with van der Waals surface area (Å²) < 4.78 is 37.9. The molecule has 3 aromatic rings. The number of aromatic amines is 1. The Bertz CT molecular complexity index is 1300. The molecule has 1 fully saturated rings. The molecule has 1 aromatic carbocycles. The van der Waals surface area contributed by atoms with Gasteiger partial charge in [0.1, 0.15) is 5.82 Å². The predicted octanol–water partition coefficient (Wildman–Crippen LogP) is 4.98. The second-order valence-electron chi connectivity index (χ2n) is 8.30. The highest BCUT2D eigenvalue weighted by atomic mass is 32.2. The highest BCUT2D eigenvalue weighted by Crippen LogP contribution is 2.35. The second-order valence-corrected chi connectivity index (χ2v) is 9.30. The van der Waals surface area contributed by atoms with E-state index in [-0.39, 0.29) is 22.6 Å². The van der Waals surface area contributed by atoms with Crippen molar-refractivity contribution in [3.63, 3.8) is 0 Å². The van der Waals surface area contributed by atoms with E-state index in [1.54, 1.807) is 30.6 Å². The number of nitrogens with one attached hydrogen (secondary N) is 3. The van der Waals surface area contributed by atoms with E-state index in [4.69, 9.17) is 0 Å². The Morgan fingerprint density at radius 2 is 2.00 bits per heavy atom. The minimum absolute atomic E-state index is 0.0289. The van der Waals surface area contributed by atoms with Crippen molar-refractivity contribution in [3.05, 3.63) is 42.7 Å². The quantitative estimate of drug-likeness (QED) is 0.457. The Kier molecular flexibility index (Phi) is 5.80. The van der Waals surface area contributed by atoms with Crippen LogP contribution in [0.15, 0.2) is 47.7 Å². The molecule has 5 rings (SSSR count). The Balaban J connectivity index is 1.35. The first kappa shape index (κ1) is 22.5. The largest absolute Gasteiger partial charge is 0.391 e. The molecule has 3 heterocycles. The van der Waals surface area contributed by atoms with Crippen LogP contribution >= 0.6 is 11.8 Å². The molecule has 0 bridgehead atoms. The van der Waals surface area contributed by atoms with Crippen LogP contribution in [-0.4, -0.2) is 44.8 Å². The summed E-state index contributed by atoms with van der Waals surface area (Å²) in [6, 6.07) is 8.05. The summed E-state index contributed by atoms with van der Waals surface area (Å²) in [6.07, 6.45) is -0.146. The average Bonchev–Trinajstić information content (AvgIpc) is 3.39. The van der Waals surface area contributed by atoms with E-state index in [1.807, 2.05) is 12.1 Å². The Morgan fingerprint density at radius 1 is 1.18 bits per heavy atom. The summed E-state index contributed by atoms with van der Waals surface area (Å²) in [5, 5.41) is 6.47. The third kappa shape index (κ3) is 4.93. The lowest BCUT2D eigenvalue weighted by molar-refractivity contribution is -0.136. The maximum absolute atomic E-state index is 12.6. The van der Waals surface area contributed by atoms with Crippen LogP contribution in [0.1, 0.15) is 19.3 Å². The predicted molar refractivity (Wildman–Crippen MR) is 126 cm³/mol. The maximum atomic E-state index is 12.6. The first-order chi connectivity index (χ1) is 16.3. The molecule has 3 N–H and O–H groups in total. The second kappa shape index (κ2) is 8.79. The SMILES string of the molecule is O=C(Nc1cccc2c(-c3ccnc(NC(=O)C4CC4)c3)c[nH]c12)C1=NC(CC(F)(F)F)CS1. The van der Waals surface area contributed by atoms with Crippen molar-refractivity contribution in [3.8, 4) is 11.1 Å². The van der Waals surface area contributed by atoms with Gasteiger partial charge in [0.15, 0.2) is 5.04 Å². The van der Waals surface area contributed by atoms with Crippen LogP contribution in [0.3, 0.4) is 0 Å². The number of anilines is 2. The molecule has 1 atom stereocenters. The molecular formula is C23H20F3N5O2S. The van der Waals surface area contributed by atoms with Gasteiger partial charge in [-0.15, -0.1) is 0 Å². The van der Waals surface area contributed by atoms with Crippen LogP contribution in [0.25, 0.3) is 22.0 Å². The van der Waals surface area contributed by atoms with Crippen molar-refractivity contribution in [1.82, 2.24) is 9.97 Å². The number of carbonyl (C=O) groups is 2. The number of rotatable bonds is 6. The molecule has 2 aliphatic rings. The maximum Gasteiger partial charge on any atom is 0.391 e. The van der Waals surface area contributed by atoms with E-state index >= 15 is 0 Å². The first-order valence-electron chi connectivity index (χ1n) is 10.7. The number of carbonyl (C=O) groups excluding carboxylic acids is 2. The molecule has 1 saturated carbocycles. The van der Waals surface area contributed by atoms with E-state index in [2.05, 4.69) is 25.6 Å². The van der Waals surface area contributed by atoms with Crippen molar-refractivity contribution >= 4 is 51.0 Å². The Labute approximate surface area is 196 Å². The normalized spacial score (nSPS) is 18.1. The molecule has 1 aliphatic carbocycles. The van der Waals surface area contributed by atoms with Crippen molar-refractivity contribution in [2.24, 2.45) is 10.9 Å². The van der Waals surface area contributed by atoms with Gasteiger partial charge in [0, 0.05) is 35.0 Å². The minimum Gasteiger partial charge on any atom is -0.359 e. The number of para-hydroxylation sites is 1. The molecule has 2 amide bonds. The van der Waals surface area contributed by atoms with Crippen LogP contribution in [0.5, 0.6) is 0 Å². The van der Waals surface area contributed by atoms with Crippen molar-refractivity contribution in [2.45, 2.75) is 31.5 Å². The summed E-state index contributed by atoms with van der Waals surface area (Å²) in [4.78, 5) is 36.0. The van der Waals surface area contributed by atoms with Gasteiger partial charge in [-0.2, -0.15) is 13.2 Å². The molecule has 11 heteroatoms. The number of hydrogen-bond donors (Lipinski definition) is 3. The highest BCUT2D eigenvalue weighted by Gasteiger charge is 2.35. The topological polar surface area (TPSA) is 99.2 Å².